The van der Waals surface area contributed by atoms with E-state index < -0.39 is 0 Å². The van der Waals surface area contributed by atoms with Gasteiger partial charge in [-0.3, -0.25) is 0 Å². The summed E-state index contributed by atoms with van der Waals surface area (Å²) in [5.41, 5.74) is 2.84. The predicted octanol–water partition coefficient (Wildman–Crippen LogP) is 3.84. The molecular formula is C12H16. The Bertz CT molecular complexity index is 271. The van der Waals surface area contributed by atoms with Gasteiger partial charge in [0.2, 0.25) is 0 Å². The Labute approximate surface area is 74.9 Å². The first-order chi connectivity index (χ1) is 5.88. The molecule has 0 saturated carbocycles. The first kappa shape index (κ1) is 9.05. The van der Waals surface area contributed by atoms with Crippen LogP contribution in [0.25, 0.3) is 6.08 Å². The van der Waals surface area contributed by atoms with Crippen LogP contribution >= 0.6 is 0 Å². The molecule has 0 aromatic heterocycles. The first-order valence-electron chi connectivity index (χ1n) is 4.65. The van der Waals surface area contributed by atoms with Crippen LogP contribution in [0.1, 0.15) is 37.8 Å². The highest BCUT2D eigenvalue weighted by Gasteiger charge is 2.09. The Morgan fingerprint density at radius 1 is 1.08 bits per heavy atom. The topological polar surface area (TPSA) is 0 Å². The highest BCUT2D eigenvalue weighted by molar-refractivity contribution is 5.61. The smallest absolute Gasteiger partial charge is 0.000118 e. The molecule has 0 aliphatic heterocycles. The zero-order chi connectivity index (χ0) is 8.97. The van der Waals surface area contributed by atoms with Crippen molar-refractivity contribution in [3.63, 3.8) is 0 Å². The van der Waals surface area contributed by atoms with Gasteiger partial charge in [-0.1, -0.05) is 57.2 Å². The highest BCUT2D eigenvalue weighted by atomic mass is 14.1. The number of hydrogen-bond donors (Lipinski definition) is 0. The lowest BCUT2D eigenvalue weighted by Crippen LogP contribution is -1.84. The third kappa shape index (κ3) is 1.58. The van der Waals surface area contributed by atoms with Crippen molar-refractivity contribution < 1.29 is 0 Å². The highest BCUT2D eigenvalue weighted by Crippen LogP contribution is 2.28. The summed E-state index contributed by atoms with van der Waals surface area (Å²) in [4.78, 5) is 0. The molecule has 0 bridgehead atoms. The summed E-state index contributed by atoms with van der Waals surface area (Å²) in [5, 5.41) is 0. The summed E-state index contributed by atoms with van der Waals surface area (Å²) in [6, 6.07) is 8.54. The average molecular weight is 160 g/mol. The third-order valence-corrected chi connectivity index (χ3v) is 2.05. The van der Waals surface area contributed by atoms with E-state index in [1.165, 1.54) is 11.1 Å². The average Bonchev–Trinajstić information content (AvgIpc) is 2.53. The summed E-state index contributed by atoms with van der Waals surface area (Å²) in [7, 11) is 0. The largest absolute Gasteiger partial charge is 0.0767 e. The second-order valence-electron chi connectivity index (χ2n) is 2.78. The first-order valence-corrected chi connectivity index (χ1v) is 4.65. The molecule has 1 unspecified atom stereocenters. The molecule has 0 amide bonds. The molecule has 0 saturated heterocycles. The van der Waals surface area contributed by atoms with Crippen LogP contribution in [0.2, 0.25) is 0 Å². The maximum atomic E-state index is 2.24. The number of fused-ring (bicyclic) bond motifs is 1. The van der Waals surface area contributed by atoms with E-state index >= 15 is 0 Å². The van der Waals surface area contributed by atoms with Crippen molar-refractivity contribution in [3.8, 4) is 0 Å². The maximum Gasteiger partial charge on any atom is -0.000118 e. The van der Waals surface area contributed by atoms with Gasteiger partial charge >= 0.3 is 0 Å². The Kier molecular flexibility index (Phi) is 3.09. The second kappa shape index (κ2) is 4.10. The molecule has 0 heterocycles. The molecule has 12 heavy (non-hydrogen) atoms. The Hall–Kier alpha value is -1.04. The van der Waals surface area contributed by atoms with Crippen molar-refractivity contribution in [2.24, 2.45) is 0 Å². The van der Waals surface area contributed by atoms with E-state index in [2.05, 4.69) is 43.3 Å². The van der Waals surface area contributed by atoms with E-state index in [1.54, 1.807) is 0 Å². The van der Waals surface area contributed by atoms with Crippen LogP contribution in [0, 0.1) is 0 Å². The van der Waals surface area contributed by atoms with Crippen LogP contribution in [0.5, 0.6) is 0 Å². The fourth-order valence-electron chi connectivity index (χ4n) is 1.43. The predicted molar refractivity (Wildman–Crippen MR) is 55.2 cm³/mol. The normalized spacial score (nSPS) is 18.1. The Morgan fingerprint density at radius 2 is 1.75 bits per heavy atom. The molecule has 0 radical (unpaired) electrons. The van der Waals surface area contributed by atoms with Crippen molar-refractivity contribution in [1.82, 2.24) is 0 Å². The molecule has 1 aliphatic carbocycles. The van der Waals surface area contributed by atoms with Gasteiger partial charge in [0, 0.05) is 0 Å². The van der Waals surface area contributed by atoms with Gasteiger partial charge in [-0.05, 0) is 17.0 Å². The zero-order valence-corrected chi connectivity index (χ0v) is 8.04. The minimum absolute atomic E-state index is 0.621. The molecule has 0 nitrogen and oxygen atoms in total. The van der Waals surface area contributed by atoms with Gasteiger partial charge in [0.05, 0.1) is 0 Å². The number of benzene rings is 1. The van der Waals surface area contributed by atoms with E-state index in [0.717, 1.165) is 0 Å². The minimum Gasteiger partial charge on any atom is -0.0767 e. The Balaban J connectivity index is 0.000000336. The molecule has 1 atom stereocenters. The molecule has 1 aromatic carbocycles. The molecule has 0 N–H and O–H groups in total. The summed E-state index contributed by atoms with van der Waals surface area (Å²) >= 11 is 0. The summed E-state index contributed by atoms with van der Waals surface area (Å²) in [5.74, 6) is 0.621. The van der Waals surface area contributed by atoms with Crippen LogP contribution < -0.4 is 0 Å². The fourth-order valence-corrected chi connectivity index (χ4v) is 1.43. The molecule has 2 rings (SSSR count). The lowest BCUT2D eigenvalue weighted by atomic mass is 10.0. The van der Waals surface area contributed by atoms with Crippen molar-refractivity contribution in [1.29, 1.82) is 0 Å². The number of allylic oxidation sites excluding steroid dienone is 1. The molecule has 0 fully saturated rings. The van der Waals surface area contributed by atoms with Crippen molar-refractivity contribution in [2.75, 3.05) is 0 Å². The molecule has 0 heteroatoms. The SMILES string of the molecule is CC.CC1C=Cc2ccccc21. The lowest BCUT2D eigenvalue weighted by Gasteiger charge is -2.01. The van der Waals surface area contributed by atoms with Crippen molar-refractivity contribution in [2.45, 2.75) is 26.7 Å². The van der Waals surface area contributed by atoms with Crippen LogP contribution in [0.4, 0.5) is 0 Å². The van der Waals surface area contributed by atoms with Crippen LogP contribution in [-0.2, 0) is 0 Å². The Morgan fingerprint density at radius 3 is 2.42 bits per heavy atom. The lowest BCUT2D eigenvalue weighted by molar-refractivity contribution is 0.990. The van der Waals surface area contributed by atoms with Gasteiger partial charge in [0.15, 0.2) is 0 Å². The van der Waals surface area contributed by atoms with Gasteiger partial charge in [0.25, 0.3) is 0 Å². The van der Waals surface area contributed by atoms with Gasteiger partial charge in [0.1, 0.15) is 0 Å². The summed E-state index contributed by atoms with van der Waals surface area (Å²) < 4.78 is 0. The van der Waals surface area contributed by atoms with E-state index in [9.17, 15) is 0 Å². The monoisotopic (exact) mass is 160 g/mol. The summed E-state index contributed by atoms with van der Waals surface area (Å²) in [6.07, 6.45) is 4.44. The van der Waals surface area contributed by atoms with Gasteiger partial charge in [-0.25, -0.2) is 0 Å². The third-order valence-electron chi connectivity index (χ3n) is 2.05. The summed E-state index contributed by atoms with van der Waals surface area (Å²) in [6.45, 7) is 6.22. The number of hydrogen-bond acceptors (Lipinski definition) is 0. The molecule has 64 valence electrons. The zero-order valence-electron chi connectivity index (χ0n) is 8.04. The molecular weight excluding hydrogens is 144 g/mol. The van der Waals surface area contributed by atoms with Gasteiger partial charge < -0.3 is 0 Å². The fraction of sp³-hybridized carbons (Fsp3) is 0.333. The maximum absolute atomic E-state index is 2.24. The molecule has 1 aliphatic rings. The van der Waals surface area contributed by atoms with Gasteiger partial charge in [-0.2, -0.15) is 0 Å². The van der Waals surface area contributed by atoms with Crippen molar-refractivity contribution >= 4 is 6.08 Å². The quantitative estimate of drug-likeness (QED) is 0.541. The minimum atomic E-state index is 0.621. The van der Waals surface area contributed by atoms with Gasteiger partial charge in [-0.15, -0.1) is 0 Å². The standard InChI is InChI=1S/C10H10.C2H6/c1-8-6-7-9-4-2-3-5-10(8)9;1-2/h2-8H,1H3;1-2H3. The molecule has 1 aromatic rings. The second-order valence-corrected chi connectivity index (χ2v) is 2.78. The van der Waals surface area contributed by atoms with Crippen LogP contribution in [-0.4, -0.2) is 0 Å². The van der Waals surface area contributed by atoms with E-state index in [-0.39, 0.29) is 0 Å². The van der Waals surface area contributed by atoms with Crippen molar-refractivity contribution in [3.05, 3.63) is 41.5 Å². The van der Waals surface area contributed by atoms with Crippen LogP contribution in [0.3, 0.4) is 0 Å². The van der Waals surface area contributed by atoms with E-state index in [1.807, 2.05) is 13.8 Å². The number of rotatable bonds is 0. The van der Waals surface area contributed by atoms with E-state index in [4.69, 9.17) is 0 Å². The molecule has 0 spiro atoms. The van der Waals surface area contributed by atoms with Crippen LogP contribution in [0.15, 0.2) is 30.3 Å². The van der Waals surface area contributed by atoms with E-state index in [0.29, 0.717) is 5.92 Å².